The van der Waals surface area contributed by atoms with Crippen molar-refractivity contribution in [2.45, 2.75) is 13.0 Å². The molecule has 8 heteroatoms. The molecule has 1 amide bonds. The molecule has 0 fully saturated rings. The number of nitrogens with one attached hydrogen (secondary N) is 1. The highest BCUT2D eigenvalue weighted by atomic mass is 79.9. The van der Waals surface area contributed by atoms with Crippen LogP contribution in [0.5, 0.6) is 23.0 Å². The number of halogens is 1. The van der Waals surface area contributed by atoms with Crippen molar-refractivity contribution in [3.63, 3.8) is 0 Å². The molecule has 0 aromatic heterocycles. The lowest BCUT2D eigenvalue weighted by molar-refractivity contribution is -0.120. The summed E-state index contributed by atoms with van der Waals surface area (Å²) in [6.45, 7) is 0.615. The van der Waals surface area contributed by atoms with Crippen LogP contribution >= 0.6 is 15.9 Å². The van der Waals surface area contributed by atoms with E-state index in [4.69, 9.17) is 18.9 Å². The Morgan fingerprint density at radius 1 is 1.09 bits per heavy atom. The number of amides is 1. The average molecular weight is 497 g/mol. The number of methoxy groups -OCH3 is 1. The Morgan fingerprint density at radius 2 is 1.91 bits per heavy atom. The van der Waals surface area contributed by atoms with Crippen LogP contribution in [-0.4, -0.2) is 26.0 Å². The lowest BCUT2D eigenvalue weighted by atomic mass is 10.1. The van der Waals surface area contributed by atoms with E-state index in [1.807, 2.05) is 42.5 Å². The second kappa shape index (κ2) is 10.2. The van der Waals surface area contributed by atoms with E-state index in [0.29, 0.717) is 29.6 Å². The Balaban J connectivity index is 1.36. The maximum absolute atomic E-state index is 12.2. The third-order valence-electron chi connectivity index (χ3n) is 4.68. The van der Waals surface area contributed by atoms with Crippen LogP contribution < -0.4 is 24.4 Å². The van der Waals surface area contributed by atoms with Gasteiger partial charge < -0.3 is 18.9 Å². The van der Waals surface area contributed by atoms with Gasteiger partial charge in [-0.2, -0.15) is 5.10 Å². The van der Waals surface area contributed by atoms with Gasteiger partial charge in [0, 0.05) is 0 Å². The van der Waals surface area contributed by atoms with Gasteiger partial charge in [0.25, 0.3) is 0 Å². The highest BCUT2D eigenvalue weighted by Gasteiger charge is 2.15. The molecule has 1 N–H and O–H groups in total. The van der Waals surface area contributed by atoms with Crippen LogP contribution in [0.2, 0.25) is 0 Å². The van der Waals surface area contributed by atoms with Crippen LogP contribution in [0.15, 0.2) is 70.2 Å². The van der Waals surface area contributed by atoms with Gasteiger partial charge >= 0.3 is 0 Å². The first-order valence-corrected chi connectivity index (χ1v) is 10.7. The van der Waals surface area contributed by atoms with E-state index in [0.717, 1.165) is 21.2 Å². The van der Waals surface area contributed by atoms with E-state index in [1.165, 1.54) is 0 Å². The highest BCUT2D eigenvalue weighted by molar-refractivity contribution is 9.10. The number of hydrogen-bond donors (Lipinski definition) is 1. The molecular formula is C24H21BrN2O5. The topological polar surface area (TPSA) is 78.4 Å². The molecule has 0 saturated carbocycles. The number of benzene rings is 3. The molecule has 0 radical (unpaired) electrons. The van der Waals surface area contributed by atoms with E-state index >= 15 is 0 Å². The lowest BCUT2D eigenvalue weighted by Crippen LogP contribution is -2.19. The second-order valence-electron chi connectivity index (χ2n) is 6.97. The van der Waals surface area contributed by atoms with Crippen molar-refractivity contribution < 1.29 is 23.7 Å². The predicted octanol–water partition coefficient (Wildman–Crippen LogP) is 4.46. The van der Waals surface area contributed by atoms with E-state index in [-0.39, 0.29) is 19.1 Å². The second-order valence-corrected chi connectivity index (χ2v) is 7.82. The number of hydrogen-bond acceptors (Lipinski definition) is 6. The number of nitrogens with zero attached hydrogens (tertiary/aromatic N) is 1. The molecule has 164 valence electrons. The molecule has 7 nitrogen and oxygen atoms in total. The van der Waals surface area contributed by atoms with Gasteiger partial charge in [0.15, 0.2) is 23.0 Å². The lowest BCUT2D eigenvalue weighted by Gasteiger charge is -2.13. The van der Waals surface area contributed by atoms with Crippen LogP contribution in [-0.2, 0) is 17.8 Å². The number of rotatable bonds is 8. The molecule has 0 unspecified atom stereocenters. The molecule has 1 aliphatic heterocycles. The Kier molecular flexibility index (Phi) is 6.91. The smallest absolute Gasteiger partial charge is 0.244 e. The molecule has 3 aromatic rings. The van der Waals surface area contributed by atoms with E-state index in [9.17, 15) is 4.79 Å². The molecule has 0 bridgehead atoms. The molecule has 0 aliphatic carbocycles. The van der Waals surface area contributed by atoms with Crippen LogP contribution in [0.25, 0.3) is 0 Å². The third-order valence-corrected chi connectivity index (χ3v) is 5.27. The van der Waals surface area contributed by atoms with Gasteiger partial charge in [-0.05, 0) is 56.9 Å². The Labute approximate surface area is 194 Å². The first-order valence-electron chi connectivity index (χ1n) is 9.87. The minimum Gasteiger partial charge on any atom is -0.493 e. The minimum absolute atomic E-state index is 0.174. The fraction of sp³-hybridized carbons (Fsp3) is 0.167. The van der Waals surface area contributed by atoms with Gasteiger partial charge in [-0.25, -0.2) is 5.43 Å². The summed E-state index contributed by atoms with van der Waals surface area (Å²) in [6, 6.07) is 18.9. The molecule has 32 heavy (non-hydrogen) atoms. The van der Waals surface area contributed by atoms with Gasteiger partial charge in [-0.15, -0.1) is 0 Å². The predicted molar refractivity (Wildman–Crippen MR) is 123 cm³/mol. The Hall–Kier alpha value is -3.52. The normalized spacial score (nSPS) is 12.1. The summed E-state index contributed by atoms with van der Waals surface area (Å²) in [4.78, 5) is 12.2. The Morgan fingerprint density at radius 3 is 2.72 bits per heavy atom. The van der Waals surface area contributed by atoms with Crippen molar-refractivity contribution in [3.8, 4) is 23.0 Å². The van der Waals surface area contributed by atoms with Crippen molar-refractivity contribution in [2.24, 2.45) is 5.10 Å². The maximum atomic E-state index is 12.2. The summed E-state index contributed by atoms with van der Waals surface area (Å²) >= 11 is 3.53. The van der Waals surface area contributed by atoms with Crippen LogP contribution in [0, 0.1) is 0 Å². The maximum Gasteiger partial charge on any atom is 0.244 e. The van der Waals surface area contributed by atoms with Crippen LogP contribution in [0.3, 0.4) is 0 Å². The van der Waals surface area contributed by atoms with E-state index < -0.39 is 0 Å². The first kappa shape index (κ1) is 21.7. The summed E-state index contributed by atoms with van der Waals surface area (Å²) in [7, 11) is 1.57. The van der Waals surface area contributed by atoms with Gasteiger partial charge in [0.1, 0.15) is 6.61 Å². The summed E-state index contributed by atoms with van der Waals surface area (Å²) < 4.78 is 22.7. The Bertz CT molecular complexity index is 1130. The average Bonchev–Trinajstić information content (AvgIpc) is 3.26. The van der Waals surface area contributed by atoms with Crippen molar-refractivity contribution in [3.05, 3.63) is 81.8 Å². The molecule has 0 spiro atoms. The quantitative estimate of drug-likeness (QED) is 0.368. The zero-order valence-electron chi connectivity index (χ0n) is 17.3. The molecule has 0 saturated heterocycles. The minimum atomic E-state index is -0.242. The van der Waals surface area contributed by atoms with Crippen molar-refractivity contribution in [2.75, 3.05) is 13.9 Å². The first-order chi connectivity index (χ1) is 15.6. The summed E-state index contributed by atoms with van der Waals surface area (Å²) in [6.07, 6.45) is 1.72. The molecule has 3 aromatic carbocycles. The number of fused-ring (bicyclic) bond motifs is 1. The van der Waals surface area contributed by atoms with Gasteiger partial charge in [0.05, 0.1) is 24.2 Å². The zero-order valence-corrected chi connectivity index (χ0v) is 18.9. The van der Waals surface area contributed by atoms with Gasteiger partial charge in [-0.3, -0.25) is 4.79 Å². The SMILES string of the molecule is COc1cc(/C=N\NC(=O)Cc2ccc3c(c2)OCO3)cc(Br)c1OCc1ccccc1. The molecular weight excluding hydrogens is 476 g/mol. The highest BCUT2D eigenvalue weighted by Crippen LogP contribution is 2.37. The molecule has 0 atom stereocenters. The fourth-order valence-electron chi connectivity index (χ4n) is 3.14. The molecule has 4 rings (SSSR count). The van der Waals surface area contributed by atoms with E-state index in [2.05, 4.69) is 26.5 Å². The number of carbonyl (C=O) groups excluding carboxylic acids is 1. The standard InChI is InChI=1S/C24H21BrN2O5/c1-29-22-11-18(9-19(25)24(22)30-14-16-5-3-2-4-6-16)13-26-27-23(28)12-17-7-8-20-21(10-17)32-15-31-20/h2-11,13H,12,14-15H2,1H3,(H,27,28)/b26-13-. The van der Waals surface area contributed by atoms with Crippen LogP contribution in [0.1, 0.15) is 16.7 Å². The zero-order chi connectivity index (χ0) is 22.3. The van der Waals surface area contributed by atoms with Crippen LogP contribution in [0.4, 0.5) is 0 Å². The summed E-state index contributed by atoms with van der Waals surface area (Å²) in [5.41, 5.74) is 5.14. The van der Waals surface area contributed by atoms with E-state index in [1.54, 1.807) is 31.5 Å². The number of hydrazone groups is 1. The molecule has 1 aliphatic rings. The fourth-order valence-corrected chi connectivity index (χ4v) is 3.71. The van der Waals surface area contributed by atoms with Crippen molar-refractivity contribution in [1.29, 1.82) is 0 Å². The molecule has 1 heterocycles. The van der Waals surface area contributed by atoms with Crippen molar-refractivity contribution >= 4 is 28.1 Å². The van der Waals surface area contributed by atoms with Crippen molar-refractivity contribution in [1.82, 2.24) is 5.43 Å². The van der Waals surface area contributed by atoms with Gasteiger partial charge in [-0.1, -0.05) is 36.4 Å². The number of carbonyl (C=O) groups is 1. The third kappa shape index (κ3) is 5.39. The summed E-state index contributed by atoms with van der Waals surface area (Å²) in [5.74, 6) is 2.24. The monoisotopic (exact) mass is 496 g/mol. The summed E-state index contributed by atoms with van der Waals surface area (Å²) in [5, 5.41) is 4.05. The number of ether oxygens (including phenoxy) is 4. The largest absolute Gasteiger partial charge is 0.493 e. The van der Waals surface area contributed by atoms with Gasteiger partial charge in [0.2, 0.25) is 12.7 Å².